The third-order valence-electron chi connectivity index (χ3n) is 3.59. The van der Waals surface area contributed by atoms with Crippen LogP contribution in [0.5, 0.6) is 23.0 Å². The number of non-ortho nitro benzene ring substituents is 1. The van der Waals surface area contributed by atoms with E-state index in [1.54, 1.807) is 0 Å². The van der Waals surface area contributed by atoms with Gasteiger partial charge in [-0.1, -0.05) is 0 Å². The number of phenols is 2. The number of nitrogens with one attached hydrogen (secondary N) is 1. The van der Waals surface area contributed by atoms with Gasteiger partial charge in [0, 0.05) is 5.56 Å². The molecule has 2 rings (SSSR count). The Morgan fingerprint density at radius 2 is 1.87 bits per heavy atom. The van der Waals surface area contributed by atoms with Crippen molar-refractivity contribution in [3.63, 3.8) is 0 Å². The predicted octanol–water partition coefficient (Wildman–Crippen LogP) is 2.98. The highest BCUT2D eigenvalue weighted by molar-refractivity contribution is 9.11. The molecular weight excluding hydrogens is 552 g/mol. The van der Waals surface area contributed by atoms with Crippen molar-refractivity contribution in [2.24, 2.45) is 5.10 Å². The summed E-state index contributed by atoms with van der Waals surface area (Å²) in [5.41, 5.74) is 0.879. The molecule has 2 aromatic rings. The summed E-state index contributed by atoms with van der Waals surface area (Å²) < 4.78 is 10.3. The topological polar surface area (TPSA) is 187 Å². The Balaban J connectivity index is 2.14. The molecule has 0 bridgehead atoms. The van der Waals surface area contributed by atoms with Crippen LogP contribution in [0.25, 0.3) is 0 Å². The zero-order valence-electron chi connectivity index (χ0n) is 15.4. The van der Waals surface area contributed by atoms with Gasteiger partial charge in [0.25, 0.3) is 11.6 Å². The molecule has 13 nitrogen and oxygen atoms in total. The van der Waals surface area contributed by atoms with Crippen LogP contribution in [-0.2, 0) is 4.79 Å². The van der Waals surface area contributed by atoms with Crippen LogP contribution in [0.4, 0.5) is 11.4 Å². The second-order valence-corrected chi connectivity index (χ2v) is 7.20. The van der Waals surface area contributed by atoms with E-state index in [0.29, 0.717) is 6.07 Å². The molecule has 164 valence electrons. The van der Waals surface area contributed by atoms with E-state index in [4.69, 9.17) is 9.47 Å². The van der Waals surface area contributed by atoms with Gasteiger partial charge in [-0.25, -0.2) is 5.43 Å². The first-order valence-electron chi connectivity index (χ1n) is 7.92. The minimum Gasteiger partial charge on any atom is -0.506 e. The van der Waals surface area contributed by atoms with E-state index in [2.05, 4.69) is 42.4 Å². The molecule has 0 aliphatic heterocycles. The van der Waals surface area contributed by atoms with Crippen LogP contribution in [0.3, 0.4) is 0 Å². The smallest absolute Gasteiger partial charge is 0.321 e. The molecule has 0 atom stereocenters. The van der Waals surface area contributed by atoms with Gasteiger partial charge < -0.3 is 19.7 Å². The molecule has 0 spiro atoms. The summed E-state index contributed by atoms with van der Waals surface area (Å²) in [7, 11) is 1.13. The summed E-state index contributed by atoms with van der Waals surface area (Å²) in [6.07, 6.45) is 1.08. The van der Waals surface area contributed by atoms with E-state index < -0.39 is 39.5 Å². The Morgan fingerprint density at radius 3 is 2.45 bits per heavy atom. The van der Waals surface area contributed by atoms with Crippen molar-refractivity contribution < 1.29 is 34.3 Å². The molecule has 3 N–H and O–H groups in total. The highest BCUT2D eigenvalue weighted by Gasteiger charge is 2.27. The van der Waals surface area contributed by atoms with E-state index in [9.17, 15) is 35.2 Å². The summed E-state index contributed by atoms with van der Waals surface area (Å²) in [6, 6.07) is 2.94. The number of hydrogen-bond acceptors (Lipinski definition) is 10. The maximum Gasteiger partial charge on any atom is 0.321 e. The molecule has 0 heterocycles. The largest absolute Gasteiger partial charge is 0.506 e. The molecule has 0 aromatic heterocycles. The van der Waals surface area contributed by atoms with Crippen LogP contribution < -0.4 is 14.9 Å². The number of carbonyl (C=O) groups excluding carboxylic acids is 1. The van der Waals surface area contributed by atoms with E-state index in [1.165, 1.54) is 6.07 Å². The fourth-order valence-electron chi connectivity index (χ4n) is 2.17. The molecule has 31 heavy (non-hydrogen) atoms. The lowest BCUT2D eigenvalue weighted by molar-refractivity contribution is -0.394. The molecule has 0 aliphatic rings. The second-order valence-electron chi connectivity index (χ2n) is 5.55. The summed E-state index contributed by atoms with van der Waals surface area (Å²) in [4.78, 5) is 32.3. The van der Waals surface area contributed by atoms with Gasteiger partial charge in [-0.15, -0.1) is 0 Å². The molecule has 1 amide bonds. The normalized spacial score (nSPS) is 10.7. The quantitative estimate of drug-likeness (QED) is 0.246. The predicted molar refractivity (Wildman–Crippen MR) is 113 cm³/mol. The molecule has 0 aliphatic carbocycles. The number of nitro groups is 2. The van der Waals surface area contributed by atoms with Crippen molar-refractivity contribution in [1.29, 1.82) is 0 Å². The summed E-state index contributed by atoms with van der Waals surface area (Å²) >= 11 is 6.07. The lowest BCUT2D eigenvalue weighted by Crippen LogP contribution is -2.25. The van der Waals surface area contributed by atoms with E-state index in [0.717, 1.165) is 19.4 Å². The number of methoxy groups -OCH3 is 1. The van der Waals surface area contributed by atoms with Gasteiger partial charge in [-0.3, -0.25) is 25.0 Å². The Morgan fingerprint density at radius 1 is 1.19 bits per heavy atom. The maximum atomic E-state index is 11.9. The Kier molecular flexibility index (Phi) is 7.71. The van der Waals surface area contributed by atoms with E-state index >= 15 is 0 Å². The monoisotopic (exact) mass is 562 g/mol. The first-order valence-corrected chi connectivity index (χ1v) is 9.50. The van der Waals surface area contributed by atoms with Crippen molar-refractivity contribution >= 4 is 55.4 Å². The number of hydrogen-bond donors (Lipinski definition) is 3. The number of rotatable bonds is 8. The maximum absolute atomic E-state index is 11.9. The molecule has 2 aromatic carbocycles. The van der Waals surface area contributed by atoms with Gasteiger partial charge in [-0.05, 0) is 37.9 Å². The fourth-order valence-corrected chi connectivity index (χ4v) is 3.32. The minimum atomic E-state index is -0.912. The fraction of sp³-hybridized carbons (Fsp3) is 0.125. The van der Waals surface area contributed by atoms with Gasteiger partial charge in [0.2, 0.25) is 5.75 Å². The van der Waals surface area contributed by atoms with Crippen molar-refractivity contribution in [2.45, 2.75) is 0 Å². The van der Waals surface area contributed by atoms with Crippen molar-refractivity contribution in [3.8, 4) is 23.0 Å². The van der Waals surface area contributed by atoms with Gasteiger partial charge in [0.1, 0.15) is 16.0 Å². The average molecular weight is 564 g/mol. The Bertz CT molecular complexity index is 1090. The van der Waals surface area contributed by atoms with Crippen molar-refractivity contribution in [3.05, 3.63) is 52.9 Å². The van der Waals surface area contributed by atoms with Crippen LogP contribution in [0.2, 0.25) is 0 Å². The SMILES string of the molecule is COc1cc([N+](=O)[O-])cc([N+](=O)[O-])c1OCC(=O)N/N=C\c1cc(Br)c(O)c(Br)c1O. The van der Waals surface area contributed by atoms with E-state index in [-0.39, 0.29) is 31.8 Å². The van der Waals surface area contributed by atoms with Gasteiger partial charge in [0.15, 0.2) is 12.4 Å². The zero-order valence-corrected chi connectivity index (χ0v) is 18.5. The van der Waals surface area contributed by atoms with Crippen LogP contribution in [-0.4, -0.2) is 45.9 Å². The number of hydrazone groups is 1. The molecule has 15 heteroatoms. The lowest BCUT2D eigenvalue weighted by Gasteiger charge is -2.10. The Labute approximate surface area is 189 Å². The number of halogens is 2. The average Bonchev–Trinajstić information content (AvgIpc) is 2.73. The number of aromatic hydroxyl groups is 2. The van der Waals surface area contributed by atoms with Gasteiger partial charge >= 0.3 is 5.69 Å². The number of carbonyl (C=O) groups is 1. The first-order chi connectivity index (χ1) is 14.6. The number of amides is 1. The summed E-state index contributed by atoms with van der Waals surface area (Å²) in [5, 5.41) is 45.4. The van der Waals surface area contributed by atoms with Crippen LogP contribution in [0.15, 0.2) is 32.2 Å². The third kappa shape index (κ3) is 5.58. The molecule has 0 saturated heterocycles. The number of ether oxygens (including phenoxy) is 2. The summed E-state index contributed by atoms with van der Waals surface area (Å²) in [6.45, 7) is -0.735. The van der Waals surface area contributed by atoms with Crippen LogP contribution >= 0.6 is 31.9 Å². The highest BCUT2D eigenvalue weighted by Crippen LogP contribution is 2.41. The third-order valence-corrected chi connectivity index (χ3v) is 4.94. The van der Waals surface area contributed by atoms with Gasteiger partial charge in [0.05, 0.1) is 39.8 Å². The first kappa shape index (κ1) is 23.8. The molecule has 0 radical (unpaired) electrons. The standard InChI is InChI=1S/C16H12Br2N4O9/c1-30-11-4-8(21(26)27)3-10(22(28)29)16(11)31-6-12(23)20-19-5-7-2-9(17)15(25)13(18)14(7)24/h2-5,24-25H,6H2,1H3,(H,20,23)/b19-5-. The van der Waals surface area contributed by atoms with Crippen LogP contribution in [0, 0.1) is 20.2 Å². The van der Waals surface area contributed by atoms with Crippen molar-refractivity contribution in [2.75, 3.05) is 13.7 Å². The zero-order chi connectivity index (χ0) is 23.3. The molecule has 0 unspecified atom stereocenters. The number of phenolic OH excluding ortho intramolecular Hbond substituents is 2. The molecular formula is C16H12Br2N4O9. The number of benzene rings is 2. The molecule has 0 saturated carbocycles. The van der Waals surface area contributed by atoms with Crippen molar-refractivity contribution in [1.82, 2.24) is 5.43 Å². The molecule has 0 fully saturated rings. The lowest BCUT2D eigenvalue weighted by atomic mass is 10.2. The summed E-state index contributed by atoms with van der Waals surface area (Å²) in [5.74, 6) is -2.17. The minimum absolute atomic E-state index is 0.00978. The van der Waals surface area contributed by atoms with Gasteiger partial charge in [-0.2, -0.15) is 5.10 Å². The van der Waals surface area contributed by atoms with Crippen LogP contribution in [0.1, 0.15) is 5.56 Å². The number of nitro benzene ring substituents is 2. The Hall–Kier alpha value is -3.46. The highest BCUT2D eigenvalue weighted by atomic mass is 79.9. The van der Waals surface area contributed by atoms with E-state index in [1.807, 2.05) is 0 Å². The number of nitrogens with zero attached hydrogens (tertiary/aromatic N) is 3. The second kappa shape index (κ2) is 10.0.